The minimum atomic E-state index is 0.384. The first-order valence-electron chi connectivity index (χ1n) is 7.10. The first kappa shape index (κ1) is 13.6. The number of aromatic nitrogens is 2. The molecule has 1 aliphatic rings. The van der Waals surface area contributed by atoms with Crippen LogP contribution < -0.4 is 5.32 Å². The Kier molecular flexibility index (Phi) is 5.20. The van der Waals surface area contributed by atoms with E-state index in [9.17, 15) is 0 Å². The summed E-state index contributed by atoms with van der Waals surface area (Å²) in [7, 11) is 1.77. The average molecular weight is 251 g/mol. The van der Waals surface area contributed by atoms with Gasteiger partial charge in [-0.15, -0.1) is 0 Å². The number of nitrogens with one attached hydrogen (secondary N) is 1. The second-order valence-electron chi connectivity index (χ2n) is 5.10. The Balaban J connectivity index is 1.99. The van der Waals surface area contributed by atoms with Crippen molar-refractivity contribution >= 4 is 0 Å². The lowest BCUT2D eigenvalue weighted by Gasteiger charge is -2.21. The first-order valence-corrected chi connectivity index (χ1v) is 7.10. The molecule has 1 aromatic rings. The lowest BCUT2D eigenvalue weighted by Crippen LogP contribution is -2.37. The fraction of sp³-hybridized carbons (Fsp3) is 0.786. The van der Waals surface area contributed by atoms with E-state index < -0.39 is 0 Å². The van der Waals surface area contributed by atoms with E-state index in [-0.39, 0.29) is 0 Å². The fourth-order valence-electron chi connectivity index (χ4n) is 2.65. The van der Waals surface area contributed by atoms with E-state index in [0.29, 0.717) is 6.04 Å². The zero-order valence-electron chi connectivity index (χ0n) is 11.6. The highest BCUT2D eigenvalue weighted by atomic mass is 16.5. The monoisotopic (exact) mass is 251 g/mol. The van der Waals surface area contributed by atoms with Crippen LogP contribution in [0.3, 0.4) is 0 Å². The third kappa shape index (κ3) is 3.33. The van der Waals surface area contributed by atoms with E-state index in [2.05, 4.69) is 21.8 Å². The molecule has 1 aromatic heterocycles. The van der Waals surface area contributed by atoms with Gasteiger partial charge < -0.3 is 14.6 Å². The zero-order chi connectivity index (χ0) is 12.8. The van der Waals surface area contributed by atoms with Gasteiger partial charge in [0, 0.05) is 25.4 Å². The summed E-state index contributed by atoms with van der Waals surface area (Å²) in [6.07, 6.45) is 8.09. The van der Waals surface area contributed by atoms with Gasteiger partial charge in [-0.25, -0.2) is 4.98 Å². The molecule has 0 fully saturated rings. The van der Waals surface area contributed by atoms with Crippen LogP contribution in [0.2, 0.25) is 0 Å². The SMILES string of the molecule is CCCNC(COC)Cn1cnc2c1CCCC2. The molecule has 1 atom stereocenters. The average Bonchev–Trinajstić information content (AvgIpc) is 2.80. The molecule has 0 radical (unpaired) electrons. The van der Waals surface area contributed by atoms with Crippen LogP contribution in [0.5, 0.6) is 0 Å². The first-order chi connectivity index (χ1) is 8.85. The number of aryl methyl sites for hydroxylation is 1. The summed E-state index contributed by atoms with van der Waals surface area (Å²) in [6.45, 7) is 4.96. The van der Waals surface area contributed by atoms with E-state index in [1.54, 1.807) is 7.11 Å². The van der Waals surface area contributed by atoms with Crippen LogP contribution in [0.15, 0.2) is 6.33 Å². The quantitative estimate of drug-likeness (QED) is 0.803. The standard InChI is InChI=1S/C14H25N3O/c1-3-8-15-12(10-18-2)9-17-11-16-13-6-4-5-7-14(13)17/h11-12,15H,3-10H2,1-2H3. The Morgan fingerprint density at radius 3 is 3.06 bits per heavy atom. The molecule has 1 unspecified atom stereocenters. The van der Waals surface area contributed by atoms with Crippen molar-refractivity contribution in [1.29, 1.82) is 0 Å². The minimum absolute atomic E-state index is 0.384. The number of methoxy groups -OCH3 is 1. The Hall–Kier alpha value is -0.870. The van der Waals surface area contributed by atoms with E-state index in [4.69, 9.17) is 4.74 Å². The second-order valence-corrected chi connectivity index (χ2v) is 5.10. The van der Waals surface area contributed by atoms with E-state index in [1.165, 1.54) is 30.7 Å². The van der Waals surface area contributed by atoms with Gasteiger partial charge in [0.05, 0.1) is 18.6 Å². The molecule has 102 valence electrons. The zero-order valence-corrected chi connectivity index (χ0v) is 11.6. The third-order valence-electron chi connectivity index (χ3n) is 3.58. The van der Waals surface area contributed by atoms with Gasteiger partial charge in [-0.1, -0.05) is 6.92 Å². The molecule has 18 heavy (non-hydrogen) atoms. The molecular formula is C14H25N3O. The fourth-order valence-corrected chi connectivity index (χ4v) is 2.65. The van der Waals surface area contributed by atoms with Crippen molar-refractivity contribution in [2.45, 2.75) is 51.6 Å². The molecule has 0 bridgehead atoms. The molecule has 1 heterocycles. The lowest BCUT2D eigenvalue weighted by molar-refractivity contribution is 0.158. The summed E-state index contributed by atoms with van der Waals surface area (Å²) in [6, 6.07) is 0.384. The predicted molar refractivity (Wildman–Crippen MR) is 72.8 cm³/mol. The Morgan fingerprint density at radius 2 is 2.28 bits per heavy atom. The van der Waals surface area contributed by atoms with Crippen molar-refractivity contribution in [2.24, 2.45) is 0 Å². The third-order valence-corrected chi connectivity index (χ3v) is 3.58. The van der Waals surface area contributed by atoms with Crippen LogP contribution in [0.1, 0.15) is 37.6 Å². The number of ether oxygens (including phenoxy) is 1. The number of imidazole rings is 1. The van der Waals surface area contributed by atoms with Gasteiger partial charge in [0.1, 0.15) is 0 Å². The number of hydrogen-bond acceptors (Lipinski definition) is 3. The van der Waals surface area contributed by atoms with Gasteiger partial charge in [0.25, 0.3) is 0 Å². The van der Waals surface area contributed by atoms with Crippen LogP contribution in [-0.4, -0.2) is 35.9 Å². The Bertz CT molecular complexity index is 362. The number of hydrogen-bond donors (Lipinski definition) is 1. The number of rotatable bonds is 7. The smallest absolute Gasteiger partial charge is 0.0952 e. The van der Waals surface area contributed by atoms with Crippen molar-refractivity contribution in [3.63, 3.8) is 0 Å². The predicted octanol–water partition coefficient (Wildman–Crippen LogP) is 1.78. The van der Waals surface area contributed by atoms with Gasteiger partial charge in [0.15, 0.2) is 0 Å². The maximum Gasteiger partial charge on any atom is 0.0952 e. The molecule has 0 aliphatic heterocycles. The molecule has 2 rings (SSSR count). The van der Waals surface area contributed by atoms with Crippen molar-refractivity contribution in [2.75, 3.05) is 20.3 Å². The molecule has 0 aromatic carbocycles. The molecule has 1 aliphatic carbocycles. The van der Waals surface area contributed by atoms with Gasteiger partial charge in [-0.2, -0.15) is 0 Å². The molecule has 1 N–H and O–H groups in total. The summed E-state index contributed by atoms with van der Waals surface area (Å²) < 4.78 is 7.62. The van der Waals surface area contributed by atoms with Crippen molar-refractivity contribution in [3.8, 4) is 0 Å². The van der Waals surface area contributed by atoms with Crippen LogP contribution in [0, 0.1) is 0 Å². The molecule has 0 spiro atoms. The largest absolute Gasteiger partial charge is 0.383 e. The van der Waals surface area contributed by atoms with Gasteiger partial charge in [-0.3, -0.25) is 0 Å². The molecule has 4 nitrogen and oxygen atoms in total. The van der Waals surface area contributed by atoms with Gasteiger partial charge in [-0.05, 0) is 38.6 Å². The summed E-state index contributed by atoms with van der Waals surface area (Å²) in [5, 5.41) is 3.54. The molecule has 0 saturated heterocycles. The Labute approximate surface area is 110 Å². The summed E-state index contributed by atoms with van der Waals surface area (Å²) in [5.74, 6) is 0. The lowest BCUT2D eigenvalue weighted by atomic mass is 10.0. The molecule has 0 saturated carbocycles. The number of nitrogens with zero attached hydrogens (tertiary/aromatic N) is 2. The highest BCUT2D eigenvalue weighted by molar-refractivity contribution is 5.16. The maximum atomic E-state index is 5.30. The Morgan fingerprint density at radius 1 is 1.44 bits per heavy atom. The minimum Gasteiger partial charge on any atom is -0.383 e. The van der Waals surface area contributed by atoms with Crippen LogP contribution in [0.4, 0.5) is 0 Å². The van der Waals surface area contributed by atoms with Crippen molar-refractivity contribution < 1.29 is 4.74 Å². The van der Waals surface area contributed by atoms with E-state index >= 15 is 0 Å². The summed E-state index contributed by atoms with van der Waals surface area (Å²) in [5.41, 5.74) is 2.76. The molecular weight excluding hydrogens is 226 g/mol. The van der Waals surface area contributed by atoms with Crippen molar-refractivity contribution in [3.05, 3.63) is 17.7 Å². The molecule has 4 heteroatoms. The molecule has 0 amide bonds. The second kappa shape index (κ2) is 6.90. The van der Waals surface area contributed by atoms with Crippen molar-refractivity contribution in [1.82, 2.24) is 14.9 Å². The van der Waals surface area contributed by atoms with Crippen LogP contribution in [0.25, 0.3) is 0 Å². The van der Waals surface area contributed by atoms with Gasteiger partial charge in [0.2, 0.25) is 0 Å². The summed E-state index contributed by atoms with van der Waals surface area (Å²) in [4.78, 5) is 4.54. The van der Waals surface area contributed by atoms with Crippen LogP contribution in [-0.2, 0) is 24.1 Å². The van der Waals surface area contributed by atoms with Gasteiger partial charge >= 0.3 is 0 Å². The van der Waals surface area contributed by atoms with Crippen LogP contribution >= 0.6 is 0 Å². The maximum absolute atomic E-state index is 5.30. The summed E-state index contributed by atoms with van der Waals surface area (Å²) >= 11 is 0. The number of fused-ring (bicyclic) bond motifs is 1. The normalized spacial score (nSPS) is 16.6. The van der Waals surface area contributed by atoms with E-state index in [1.807, 2.05) is 6.33 Å². The highest BCUT2D eigenvalue weighted by Crippen LogP contribution is 2.20. The van der Waals surface area contributed by atoms with E-state index in [0.717, 1.165) is 32.5 Å². The highest BCUT2D eigenvalue weighted by Gasteiger charge is 2.17. The topological polar surface area (TPSA) is 39.1 Å².